The van der Waals surface area contributed by atoms with Gasteiger partial charge in [-0.2, -0.15) is 0 Å². The van der Waals surface area contributed by atoms with Crippen molar-refractivity contribution in [1.82, 2.24) is 0 Å². The van der Waals surface area contributed by atoms with Gasteiger partial charge in [-0.25, -0.2) is 4.90 Å². The number of aryl methyl sites for hydroxylation is 3. The summed E-state index contributed by atoms with van der Waals surface area (Å²) >= 11 is 0. The predicted molar refractivity (Wildman–Crippen MR) is 140 cm³/mol. The number of hydrogen-bond acceptors (Lipinski definition) is 3. The van der Waals surface area contributed by atoms with Gasteiger partial charge >= 0.3 is 0 Å². The minimum absolute atomic E-state index is 0.0284. The van der Waals surface area contributed by atoms with E-state index in [0.717, 1.165) is 33.5 Å². The van der Waals surface area contributed by atoms with E-state index in [-0.39, 0.29) is 17.2 Å². The predicted octanol–water partition coefficient (Wildman–Crippen LogP) is 6.61. The first-order chi connectivity index (χ1) is 16.0. The number of benzene rings is 3. The Bertz CT molecular complexity index is 1320. The summed E-state index contributed by atoms with van der Waals surface area (Å²) in [5, 5.41) is 3.29. The van der Waals surface area contributed by atoms with E-state index in [1.807, 2.05) is 76.2 Å². The van der Waals surface area contributed by atoms with Crippen LogP contribution in [0.5, 0.6) is 0 Å². The third-order valence-corrected chi connectivity index (χ3v) is 6.57. The normalized spacial score (nSPS) is 14.3. The first kappa shape index (κ1) is 23.5. The second-order valence-electron chi connectivity index (χ2n) is 10.2. The number of nitrogens with zero attached hydrogens (tertiary/aromatic N) is 1. The summed E-state index contributed by atoms with van der Waals surface area (Å²) in [5.74, 6) is -0.645. The fourth-order valence-corrected chi connectivity index (χ4v) is 4.38. The number of carbonyl (C=O) groups is 2. The van der Waals surface area contributed by atoms with Crippen molar-refractivity contribution in [2.75, 3.05) is 10.2 Å². The Hall–Kier alpha value is -3.66. The van der Waals surface area contributed by atoms with Crippen LogP contribution in [-0.4, -0.2) is 11.8 Å². The van der Waals surface area contributed by atoms with Gasteiger partial charge in [-0.15, -0.1) is 0 Å². The van der Waals surface area contributed by atoms with Gasteiger partial charge in [0, 0.05) is 5.69 Å². The molecule has 1 heterocycles. The van der Waals surface area contributed by atoms with Crippen molar-refractivity contribution in [1.29, 1.82) is 0 Å². The number of amides is 2. The second kappa shape index (κ2) is 8.60. The lowest BCUT2D eigenvalue weighted by molar-refractivity contribution is -0.120. The first-order valence-electron chi connectivity index (χ1n) is 11.6. The van der Waals surface area contributed by atoms with Crippen molar-refractivity contribution < 1.29 is 9.59 Å². The van der Waals surface area contributed by atoms with Gasteiger partial charge < -0.3 is 5.32 Å². The molecule has 3 aromatic rings. The summed E-state index contributed by atoms with van der Waals surface area (Å²) in [6.45, 7) is 14.4. The van der Waals surface area contributed by atoms with Gasteiger partial charge in [0.1, 0.15) is 5.70 Å². The molecular formula is C30H32N2O2. The van der Waals surface area contributed by atoms with E-state index < -0.39 is 0 Å². The molecule has 4 heteroatoms. The molecule has 0 atom stereocenters. The molecule has 1 aliphatic rings. The number of carbonyl (C=O) groups excluding carboxylic acids is 2. The molecule has 0 spiro atoms. The highest BCUT2D eigenvalue weighted by atomic mass is 16.2. The van der Waals surface area contributed by atoms with Crippen molar-refractivity contribution in [2.45, 2.75) is 53.9 Å². The van der Waals surface area contributed by atoms with Crippen molar-refractivity contribution in [3.8, 4) is 0 Å². The Morgan fingerprint density at radius 3 is 2.06 bits per heavy atom. The molecule has 4 rings (SSSR count). The van der Waals surface area contributed by atoms with E-state index in [9.17, 15) is 9.59 Å². The Kier molecular flexibility index (Phi) is 5.94. The van der Waals surface area contributed by atoms with Gasteiger partial charge in [0.2, 0.25) is 0 Å². The lowest BCUT2D eigenvalue weighted by Crippen LogP contribution is -2.33. The second-order valence-corrected chi connectivity index (χ2v) is 10.2. The third kappa shape index (κ3) is 4.16. The maximum absolute atomic E-state index is 13.8. The van der Waals surface area contributed by atoms with Crippen LogP contribution in [0.3, 0.4) is 0 Å². The van der Waals surface area contributed by atoms with E-state index in [2.05, 4.69) is 38.2 Å². The summed E-state index contributed by atoms with van der Waals surface area (Å²) in [4.78, 5) is 28.9. The van der Waals surface area contributed by atoms with E-state index in [0.29, 0.717) is 17.0 Å². The number of hydrogen-bond donors (Lipinski definition) is 1. The average Bonchev–Trinajstić information content (AvgIpc) is 3.00. The molecule has 174 valence electrons. The van der Waals surface area contributed by atoms with Gasteiger partial charge in [-0.1, -0.05) is 68.8 Å². The van der Waals surface area contributed by atoms with Crippen LogP contribution in [0.15, 0.2) is 66.4 Å². The molecule has 0 unspecified atom stereocenters. The quantitative estimate of drug-likeness (QED) is 0.453. The van der Waals surface area contributed by atoms with Gasteiger partial charge in [0.25, 0.3) is 11.8 Å². The summed E-state index contributed by atoms with van der Waals surface area (Å²) in [6.07, 6.45) is 0. The van der Waals surface area contributed by atoms with Crippen molar-refractivity contribution >= 4 is 28.8 Å². The maximum Gasteiger partial charge on any atom is 0.282 e. The van der Waals surface area contributed by atoms with Crippen LogP contribution < -0.4 is 10.2 Å². The summed E-state index contributed by atoms with van der Waals surface area (Å²) in [6, 6.07) is 19.7. The molecule has 0 bridgehead atoms. The highest BCUT2D eigenvalue weighted by Crippen LogP contribution is 2.37. The van der Waals surface area contributed by atoms with E-state index in [4.69, 9.17) is 0 Å². The van der Waals surface area contributed by atoms with Crippen LogP contribution in [0.1, 0.15) is 54.2 Å². The van der Waals surface area contributed by atoms with E-state index >= 15 is 0 Å². The summed E-state index contributed by atoms with van der Waals surface area (Å²) in [5.41, 5.74) is 8.12. The molecule has 0 aliphatic carbocycles. The maximum atomic E-state index is 13.8. The molecule has 1 N–H and O–H groups in total. The lowest BCUT2D eigenvalue weighted by Gasteiger charge is -2.20. The van der Waals surface area contributed by atoms with Gasteiger partial charge in [0.15, 0.2) is 0 Å². The van der Waals surface area contributed by atoms with Crippen LogP contribution in [0.25, 0.3) is 5.57 Å². The lowest BCUT2D eigenvalue weighted by atomic mass is 9.87. The number of rotatable bonds is 4. The zero-order valence-electron chi connectivity index (χ0n) is 21.0. The smallest absolute Gasteiger partial charge is 0.282 e. The van der Waals surface area contributed by atoms with Crippen molar-refractivity contribution in [3.63, 3.8) is 0 Å². The first-order valence-corrected chi connectivity index (χ1v) is 11.6. The zero-order chi connectivity index (χ0) is 24.8. The monoisotopic (exact) mass is 452 g/mol. The Morgan fingerprint density at radius 2 is 1.44 bits per heavy atom. The van der Waals surface area contributed by atoms with Gasteiger partial charge in [-0.05, 0) is 79.1 Å². The summed E-state index contributed by atoms with van der Waals surface area (Å²) < 4.78 is 0. The number of imide groups is 1. The SMILES string of the molecule is Cc1ccc(C2=C(Nc3ccc(C(C)(C)C)cc3)C(=O)N(c3cccc(C)c3C)C2=O)c(C)c1. The van der Waals surface area contributed by atoms with Crippen LogP contribution in [0.2, 0.25) is 0 Å². The molecule has 0 fully saturated rings. The zero-order valence-corrected chi connectivity index (χ0v) is 21.0. The fourth-order valence-electron chi connectivity index (χ4n) is 4.38. The third-order valence-electron chi connectivity index (χ3n) is 6.57. The molecule has 3 aromatic carbocycles. The standard InChI is InChI=1S/C30H32N2O2/c1-18-11-16-24(20(3)17-18)26-27(31-23-14-12-22(13-15-23)30(5,6)7)29(34)32(28(26)33)25-10-8-9-19(2)21(25)4/h8-17,31H,1-7H3. The molecule has 1 aliphatic heterocycles. The largest absolute Gasteiger partial charge is 0.350 e. The van der Waals surface area contributed by atoms with Crippen LogP contribution in [-0.2, 0) is 15.0 Å². The molecule has 4 nitrogen and oxygen atoms in total. The highest BCUT2D eigenvalue weighted by molar-refractivity contribution is 6.46. The fraction of sp³-hybridized carbons (Fsp3) is 0.267. The molecule has 0 saturated carbocycles. The molecule has 0 aromatic heterocycles. The van der Waals surface area contributed by atoms with Crippen LogP contribution in [0, 0.1) is 27.7 Å². The molecule has 0 radical (unpaired) electrons. The van der Waals surface area contributed by atoms with E-state index in [1.54, 1.807) is 0 Å². The average molecular weight is 453 g/mol. The highest BCUT2D eigenvalue weighted by Gasteiger charge is 2.41. The van der Waals surface area contributed by atoms with Crippen LogP contribution in [0.4, 0.5) is 11.4 Å². The molecule has 0 saturated heterocycles. The molecule has 34 heavy (non-hydrogen) atoms. The van der Waals surface area contributed by atoms with E-state index in [1.165, 1.54) is 10.5 Å². The topological polar surface area (TPSA) is 49.4 Å². The molecular weight excluding hydrogens is 420 g/mol. The Labute approximate surface area is 202 Å². The van der Waals surface area contributed by atoms with Crippen LogP contribution >= 0.6 is 0 Å². The van der Waals surface area contributed by atoms with Crippen molar-refractivity contribution in [3.05, 3.63) is 99.7 Å². The minimum atomic E-state index is -0.339. The Morgan fingerprint density at radius 1 is 0.765 bits per heavy atom. The molecule has 2 amide bonds. The van der Waals surface area contributed by atoms with Gasteiger partial charge in [-0.3, -0.25) is 9.59 Å². The van der Waals surface area contributed by atoms with Gasteiger partial charge in [0.05, 0.1) is 11.3 Å². The Balaban J connectivity index is 1.84. The number of nitrogens with one attached hydrogen (secondary N) is 1. The number of anilines is 2. The van der Waals surface area contributed by atoms with Crippen molar-refractivity contribution in [2.24, 2.45) is 0 Å². The summed E-state index contributed by atoms with van der Waals surface area (Å²) in [7, 11) is 0. The minimum Gasteiger partial charge on any atom is -0.350 e.